The highest BCUT2D eigenvalue weighted by Gasteiger charge is 2.38. The van der Waals surface area contributed by atoms with Crippen molar-refractivity contribution in [2.75, 3.05) is 5.43 Å². The second kappa shape index (κ2) is 4.63. The van der Waals surface area contributed by atoms with Gasteiger partial charge in [0.1, 0.15) is 5.56 Å². The van der Waals surface area contributed by atoms with Crippen LogP contribution in [0.4, 0.5) is 24.5 Å². The average Bonchev–Trinajstić information content (AvgIpc) is 2.80. The number of hydrogen-bond donors (Lipinski definition) is 1. The summed E-state index contributed by atoms with van der Waals surface area (Å²) in [4.78, 5) is 9.52. The van der Waals surface area contributed by atoms with Gasteiger partial charge in [0.15, 0.2) is 0 Å². The Labute approximate surface area is 105 Å². The van der Waals surface area contributed by atoms with Gasteiger partial charge in [0.25, 0.3) is 5.69 Å². The number of anilines is 1. The van der Waals surface area contributed by atoms with E-state index in [9.17, 15) is 23.3 Å². The zero-order chi connectivity index (χ0) is 14.0. The van der Waals surface area contributed by atoms with E-state index in [4.69, 9.17) is 0 Å². The van der Waals surface area contributed by atoms with E-state index in [2.05, 4.69) is 5.43 Å². The molecule has 0 atom stereocenters. The van der Waals surface area contributed by atoms with Crippen LogP contribution in [-0.4, -0.2) is 9.60 Å². The fourth-order valence-corrected chi connectivity index (χ4v) is 1.55. The van der Waals surface area contributed by atoms with Crippen LogP contribution in [0.3, 0.4) is 0 Å². The van der Waals surface area contributed by atoms with E-state index < -0.39 is 22.4 Å². The van der Waals surface area contributed by atoms with E-state index in [1.165, 1.54) is 10.7 Å². The first-order chi connectivity index (χ1) is 8.88. The van der Waals surface area contributed by atoms with Crippen LogP contribution in [0, 0.1) is 10.1 Å². The van der Waals surface area contributed by atoms with Crippen LogP contribution in [0.5, 0.6) is 0 Å². The number of nitrogens with one attached hydrogen (secondary N) is 1. The molecular formula is C11H8F3N3O2. The van der Waals surface area contributed by atoms with Gasteiger partial charge in [0.2, 0.25) is 0 Å². The molecule has 8 heteroatoms. The van der Waals surface area contributed by atoms with Gasteiger partial charge in [0, 0.05) is 18.5 Å². The molecule has 0 saturated heterocycles. The van der Waals surface area contributed by atoms with Crippen LogP contribution < -0.4 is 5.43 Å². The molecule has 0 radical (unpaired) electrons. The standard InChI is InChI=1S/C11H8F3N3O2/c12-11(13,14)9-7-8(3-4-10(9)17(18)19)15-16-5-1-2-6-16/h1-7,15H. The molecule has 0 unspecified atom stereocenters. The monoisotopic (exact) mass is 271 g/mol. The van der Waals surface area contributed by atoms with Crippen LogP contribution >= 0.6 is 0 Å². The lowest BCUT2D eigenvalue weighted by molar-refractivity contribution is -0.388. The summed E-state index contributed by atoms with van der Waals surface area (Å²) in [6, 6.07) is 6.12. The predicted molar refractivity (Wildman–Crippen MR) is 61.6 cm³/mol. The minimum Gasteiger partial charge on any atom is -0.295 e. The van der Waals surface area contributed by atoms with Gasteiger partial charge < -0.3 is 0 Å². The first-order valence-corrected chi connectivity index (χ1v) is 5.13. The molecule has 1 N–H and O–H groups in total. The van der Waals surface area contributed by atoms with Crippen molar-refractivity contribution in [3.63, 3.8) is 0 Å². The van der Waals surface area contributed by atoms with Crippen molar-refractivity contribution in [3.05, 3.63) is 58.4 Å². The normalized spacial score (nSPS) is 11.3. The molecule has 0 aliphatic carbocycles. The molecule has 1 heterocycles. The first-order valence-electron chi connectivity index (χ1n) is 5.13. The Kier molecular flexibility index (Phi) is 3.16. The van der Waals surface area contributed by atoms with Gasteiger partial charge in [-0.2, -0.15) is 13.2 Å². The van der Waals surface area contributed by atoms with E-state index in [-0.39, 0.29) is 5.69 Å². The van der Waals surface area contributed by atoms with Gasteiger partial charge in [-0.15, -0.1) is 0 Å². The molecule has 0 spiro atoms. The minimum atomic E-state index is -4.78. The Morgan fingerprint density at radius 2 is 1.84 bits per heavy atom. The number of nitrogens with zero attached hydrogens (tertiary/aromatic N) is 2. The van der Waals surface area contributed by atoms with Crippen molar-refractivity contribution < 1.29 is 18.1 Å². The topological polar surface area (TPSA) is 60.1 Å². The lowest BCUT2D eigenvalue weighted by atomic mass is 10.1. The molecule has 2 aromatic rings. The summed E-state index contributed by atoms with van der Waals surface area (Å²) >= 11 is 0. The Bertz CT molecular complexity index is 594. The van der Waals surface area contributed by atoms with Crippen LogP contribution in [-0.2, 0) is 6.18 Å². The molecule has 1 aromatic heterocycles. The van der Waals surface area contributed by atoms with Crippen LogP contribution in [0.25, 0.3) is 0 Å². The zero-order valence-electron chi connectivity index (χ0n) is 9.39. The summed E-state index contributed by atoms with van der Waals surface area (Å²) in [6.07, 6.45) is -1.60. The third kappa shape index (κ3) is 2.84. The SMILES string of the molecule is O=[N+]([O-])c1ccc(Nn2cccc2)cc1C(F)(F)F. The van der Waals surface area contributed by atoms with Crippen LogP contribution in [0.2, 0.25) is 0 Å². The number of alkyl halides is 3. The summed E-state index contributed by atoms with van der Waals surface area (Å²) < 4.78 is 39.6. The molecular weight excluding hydrogens is 263 g/mol. The molecule has 5 nitrogen and oxygen atoms in total. The van der Waals surface area contributed by atoms with Crippen molar-refractivity contribution in [1.82, 2.24) is 4.68 Å². The smallest absolute Gasteiger partial charge is 0.295 e. The maximum Gasteiger partial charge on any atom is 0.423 e. The van der Waals surface area contributed by atoms with Crippen LogP contribution in [0.1, 0.15) is 5.56 Å². The summed E-state index contributed by atoms with van der Waals surface area (Å²) in [7, 11) is 0. The summed E-state index contributed by atoms with van der Waals surface area (Å²) in [6.45, 7) is 0. The van der Waals surface area contributed by atoms with Crippen molar-refractivity contribution in [3.8, 4) is 0 Å². The van der Waals surface area contributed by atoms with Gasteiger partial charge in [-0.25, -0.2) is 0 Å². The predicted octanol–water partition coefficient (Wildman–Crippen LogP) is 3.29. The summed E-state index contributed by atoms with van der Waals surface area (Å²) in [5, 5.41) is 10.6. The molecule has 0 aliphatic heterocycles. The van der Waals surface area contributed by atoms with Crippen LogP contribution in [0.15, 0.2) is 42.7 Å². The molecule has 19 heavy (non-hydrogen) atoms. The third-order valence-electron chi connectivity index (χ3n) is 2.36. The lowest BCUT2D eigenvalue weighted by Crippen LogP contribution is -2.11. The van der Waals surface area contributed by atoms with Gasteiger partial charge in [0.05, 0.1) is 10.6 Å². The molecule has 2 rings (SSSR count). The number of aromatic nitrogens is 1. The van der Waals surface area contributed by atoms with E-state index in [1.54, 1.807) is 24.5 Å². The largest absolute Gasteiger partial charge is 0.423 e. The van der Waals surface area contributed by atoms with Crippen molar-refractivity contribution in [1.29, 1.82) is 0 Å². The molecule has 1 aromatic carbocycles. The quantitative estimate of drug-likeness (QED) is 0.688. The average molecular weight is 271 g/mol. The fourth-order valence-electron chi connectivity index (χ4n) is 1.55. The Morgan fingerprint density at radius 3 is 2.37 bits per heavy atom. The second-order valence-electron chi connectivity index (χ2n) is 3.69. The number of rotatable bonds is 3. The molecule has 0 bridgehead atoms. The molecule has 0 fully saturated rings. The highest BCUT2D eigenvalue weighted by molar-refractivity contribution is 5.55. The van der Waals surface area contributed by atoms with E-state index in [0.29, 0.717) is 6.07 Å². The van der Waals surface area contributed by atoms with Crippen molar-refractivity contribution in [2.45, 2.75) is 6.18 Å². The number of nitro benzene ring substituents is 1. The summed E-state index contributed by atoms with van der Waals surface area (Å²) in [5.41, 5.74) is 0.512. The maximum absolute atomic E-state index is 12.7. The first kappa shape index (κ1) is 12.9. The number of nitro groups is 1. The Balaban J connectivity index is 2.41. The van der Waals surface area contributed by atoms with Gasteiger partial charge in [-0.3, -0.25) is 20.2 Å². The minimum absolute atomic E-state index is 0.106. The lowest BCUT2D eigenvalue weighted by Gasteiger charge is -2.11. The highest BCUT2D eigenvalue weighted by Crippen LogP contribution is 2.37. The molecule has 0 aliphatic rings. The maximum atomic E-state index is 12.7. The number of halogens is 3. The van der Waals surface area contributed by atoms with Gasteiger partial charge in [-0.1, -0.05) is 0 Å². The van der Waals surface area contributed by atoms with Crippen molar-refractivity contribution in [2.24, 2.45) is 0 Å². The van der Waals surface area contributed by atoms with E-state index in [1.807, 2.05) is 0 Å². The second-order valence-corrected chi connectivity index (χ2v) is 3.69. The van der Waals surface area contributed by atoms with E-state index in [0.717, 1.165) is 6.07 Å². The van der Waals surface area contributed by atoms with Gasteiger partial charge in [-0.05, 0) is 24.3 Å². The van der Waals surface area contributed by atoms with Gasteiger partial charge >= 0.3 is 6.18 Å². The van der Waals surface area contributed by atoms with Crippen molar-refractivity contribution >= 4 is 11.4 Å². The third-order valence-corrected chi connectivity index (χ3v) is 2.36. The fraction of sp³-hybridized carbons (Fsp3) is 0.0909. The van der Waals surface area contributed by atoms with E-state index >= 15 is 0 Å². The summed E-state index contributed by atoms with van der Waals surface area (Å²) in [5.74, 6) is 0. The Hall–Kier alpha value is -2.51. The molecule has 0 amide bonds. The highest BCUT2D eigenvalue weighted by atomic mass is 19.4. The molecule has 0 saturated carbocycles. The number of hydrogen-bond acceptors (Lipinski definition) is 3. The molecule has 100 valence electrons. The Morgan fingerprint density at radius 1 is 1.21 bits per heavy atom. The number of benzene rings is 1. The zero-order valence-corrected chi connectivity index (χ0v) is 9.39.